The summed E-state index contributed by atoms with van der Waals surface area (Å²) >= 11 is 7.39. The Kier molecular flexibility index (Phi) is 3.41. The Morgan fingerprint density at radius 1 is 1.33 bits per heavy atom. The summed E-state index contributed by atoms with van der Waals surface area (Å²) in [6.07, 6.45) is 1.83. The molecule has 2 atom stereocenters. The van der Waals surface area contributed by atoms with Gasteiger partial charge in [-0.05, 0) is 25.0 Å². The fraction of sp³-hybridized carbons (Fsp3) is 0.385. The maximum Gasteiger partial charge on any atom is 0.253 e. The van der Waals surface area contributed by atoms with Gasteiger partial charge in [-0.3, -0.25) is 4.79 Å². The van der Waals surface area contributed by atoms with Gasteiger partial charge < -0.3 is 4.74 Å². The summed E-state index contributed by atoms with van der Waals surface area (Å²) in [4.78, 5) is 16.2. The van der Waals surface area contributed by atoms with E-state index in [1.165, 1.54) is 0 Å². The Hall–Kier alpha value is -0.840. The lowest BCUT2D eigenvalue weighted by Gasteiger charge is -2.32. The van der Waals surface area contributed by atoms with Crippen molar-refractivity contribution in [1.82, 2.24) is 0 Å². The van der Waals surface area contributed by atoms with E-state index in [2.05, 4.69) is 4.99 Å². The molecule has 2 aliphatic heterocycles. The number of amides is 1. The number of carbonyl (C=O) groups is 1. The minimum atomic E-state index is -0.0746. The number of carbonyl (C=O) groups excluding carboxylic acids is 1. The molecule has 2 aliphatic rings. The summed E-state index contributed by atoms with van der Waals surface area (Å²) in [5.74, 6) is -0.122. The molecule has 1 aromatic carbocycles. The van der Waals surface area contributed by atoms with Crippen LogP contribution in [0.2, 0.25) is 5.02 Å². The van der Waals surface area contributed by atoms with Crippen molar-refractivity contribution < 1.29 is 9.53 Å². The van der Waals surface area contributed by atoms with E-state index < -0.39 is 0 Å². The molecule has 18 heavy (non-hydrogen) atoms. The second-order valence-corrected chi connectivity index (χ2v) is 5.89. The van der Waals surface area contributed by atoms with Gasteiger partial charge in [0.05, 0.1) is 5.92 Å². The number of aliphatic imine (C=N–C) groups is 1. The van der Waals surface area contributed by atoms with Crippen molar-refractivity contribution in [3.8, 4) is 0 Å². The molecular weight excluding hydrogens is 270 g/mol. The number of ether oxygens (including phenoxy) is 1. The van der Waals surface area contributed by atoms with Crippen molar-refractivity contribution in [2.75, 3.05) is 6.61 Å². The fourth-order valence-corrected chi connectivity index (χ4v) is 3.50. The summed E-state index contributed by atoms with van der Waals surface area (Å²) in [6.45, 7) is 0.731. The van der Waals surface area contributed by atoms with Crippen LogP contribution in [-0.2, 0) is 9.53 Å². The van der Waals surface area contributed by atoms with Gasteiger partial charge in [0.2, 0.25) is 0 Å². The molecule has 3 rings (SSSR count). The van der Waals surface area contributed by atoms with Crippen LogP contribution in [0.3, 0.4) is 0 Å². The molecule has 1 amide bonds. The van der Waals surface area contributed by atoms with Crippen molar-refractivity contribution in [3.63, 3.8) is 0 Å². The maximum absolute atomic E-state index is 12.0. The Morgan fingerprint density at radius 2 is 2.11 bits per heavy atom. The number of hydrogen-bond donors (Lipinski definition) is 0. The number of fused-ring (bicyclic) bond motifs is 1. The van der Waals surface area contributed by atoms with Crippen LogP contribution < -0.4 is 0 Å². The molecule has 0 radical (unpaired) electrons. The predicted octanol–water partition coefficient (Wildman–Crippen LogP) is 3.11. The molecule has 0 saturated carbocycles. The lowest BCUT2D eigenvalue weighted by molar-refractivity contribution is -0.126. The highest BCUT2D eigenvalue weighted by Gasteiger charge is 2.37. The first-order valence-electron chi connectivity index (χ1n) is 5.91. The van der Waals surface area contributed by atoms with E-state index >= 15 is 0 Å². The highest BCUT2D eigenvalue weighted by molar-refractivity contribution is 8.15. The van der Waals surface area contributed by atoms with Gasteiger partial charge in [-0.15, -0.1) is 0 Å². The van der Waals surface area contributed by atoms with Crippen molar-refractivity contribution in [1.29, 1.82) is 0 Å². The van der Waals surface area contributed by atoms with E-state index in [0.29, 0.717) is 5.02 Å². The number of thioether (sulfide) groups is 1. The minimum absolute atomic E-state index is 0.0524. The highest BCUT2D eigenvalue weighted by Crippen LogP contribution is 2.36. The van der Waals surface area contributed by atoms with Gasteiger partial charge in [0.1, 0.15) is 10.5 Å². The van der Waals surface area contributed by atoms with Crippen LogP contribution in [0.25, 0.3) is 0 Å². The average Bonchev–Trinajstić information content (AvgIpc) is 2.39. The largest absolute Gasteiger partial charge is 0.366 e. The summed E-state index contributed by atoms with van der Waals surface area (Å²) < 4.78 is 5.66. The zero-order chi connectivity index (χ0) is 12.5. The molecule has 0 aromatic heterocycles. The first-order chi connectivity index (χ1) is 8.74. The van der Waals surface area contributed by atoms with E-state index in [4.69, 9.17) is 16.3 Å². The van der Waals surface area contributed by atoms with Gasteiger partial charge in [0.15, 0.2) is 0 Å². The maximum atomic E-state index is 12.0. The predicted molar refractivity (Wildman–Crippen MR) is 73.1 cm³/mol. The molecule has 1 saturated heterocycles. The molecule has 0 aliphatic carbocycles. The van der Waals surface area contributed by atoms with Crippen molar-refractivity contribution >= 4 is 34.3 Å². The van der Waals surface area contributed by atoms with E-state index in [-0.39, 0.29) is 17.3 Å². The minimum Gasteiger partial charge on any atom is -0.366 e. The van der Waals surface area contributed by atoms with E-state index in [9.17, 15) is 4.79 Å². The van der Waals surface area contributed by atoms with E-state index in [1.807, 2.05) is 12.1 Å². The Balaban J connectivity index is 1.89. The van der Waals surface area contributed by atoms with Crippen LogP contribution in [-0.4, -0.2) is 23.0 Å². The van der Waals surface area contributed by atoms with Crippen LogP contribution in [0.15, 0.2) is 29.3 Å². The Labute approximate surface area is 115 Å². The molecule has 5 heteroatoms. The van der Waals surface area contributed by atoms with Crippen LogP contribution in [0.4, 0.5) is 0 Å². The molecule has 94 valence electrons. The third-order valence-corrected chi connectivity index (χ3v) is 4.62. The van der Waals surface area contributed by atoms with E-state index in [0.717, 1.165) is 30.1 Å². The van der Waals surface area contributed by atoms with Crippen molar-refractivity contribution in [3.05, 3.63) is 34.9 Å². The first kappa shape index (κ1) is 12.2. The van der Waals surface area contributed by atoms with Crippen LogP contribution in [0.5, 0.6) is 0 Å². The Morgan fingerprint density at radius 3 is 2.89 bits per heavy atom. The molecular formula is C13H12ClNO2S. The van der Waals surface area contributed by atoms with Crippen molar-refractivity contribution in [2.24, 2.45) is 10.9 Å². The van der Waals surface area contributed by atoms with Gasteiger partial charge in [-0.2, -0.15) is 0 Å². The van der Waals surface area contributed by atoms with Gasteiger partial charge in [-0.1, -0.05) is 35.5 Å². The third kappa shape index (κ3) is 2.32. The fourth-order valence-electron chi connectivity index (χ4n) is 2.16. The average molecular weight is 282 g/mol. The zero-order valence-corrected chi connectivity index (χ0v) is 11.2. The molecule has 0 bridgehead atoms. The molecule has 1 fully saturated rings. The smallest absolute Gasteiger partial charge is 0.253 e. The summed E-state index contributed by atoms with van der Waals surface area (Å²) in [6, 6.07) is 7.37. The summed E-state index contributed by atoms with van der Waals surface area (Å²) in [5, 5.41) is 1.41. The SMILES string of the molecule is O=C1N=C(c2ccc(Cl)cc2)SC2OCCCC12. The van der Waals surface area contributed by atoms with E-state index in [1.54, 1.807) is 23.9 Å². The van der Waals surface area contributed by atoms with Gasteiger partial charge in [0, 0.05) is 17.2 Å². The number of rotatable bonds is 1. The lowest BCUT2D eigenvalue weighted by Crippen LogP contribution is -2.36. The molecule has 0 spiro atoms. The van der Waals surface area contributed by atoms with Gasteiger partial charge in [-0.25, -0.2) is 4.99 Å². The second kappa shape index (κ2) is 5.03. The lowest BCUT2D eigenvalue weighted by atomic mass is 10.0. The topological polar surface area (TPSA) is 38.7 Å². The van der Waals surface area contributed by atoms with Crippen molar-refractivity contribution in [2.45, 2.75) is 18.3 Å². The monoisotopic (exact) mass is 281 g/mol. The molecule has 2 heterocycles. The second-order valence-electron chi connectivity index (χ2n) is 4.37. The van der Waals surface area contributed by atoms with Crippen LogP contribution in [0.1, 0.15) is 18.4 Å². The van der Waals surface area contributed by atoms with Gasteiger partial charge in [0.25, 0.3) is 5.91 Å². The normalized spacial score (nSPS) is 27.6. The third-order valence-electron chi connectivity index (χ3n) is 3.12. The first-order valence-corrected chi connectivity index (χ1v) is 7.16. The summed E-state index contributed by atoms with van der Waals surface area (Å²) in [5.41, 5.74) is 0.847. The van der Waals surface area contributed by atoms with Crippen LogP contribution >= 0.6 is 23.4 Å². The molecule has 1 aromatic rings. The van der Waals surface area contributed by atoms with Crippen LogP contribution in [0, 0.1) is 5.92 Å². The zero-order valence-electron chi connectivity index (χ0n) is 9.64. The summed E-state index contributed by atoms with van der Waals surface area (Å²) in [7, 11) is 0. The molecule has 0 N–H and O–H groups in total. The standard InChI is InChI=1S/C13H12ClNO2S/c14-9-5-3-8(4-6-9)12-15-11(16)10-2-1-7-17-13(10)18-12/h3-6,10,13H,1-2,7H2. The highest BCUT2D eigenvalue weighted by atomic mass is 35.5. The number of nitrogens with zero attached hydrogens (tertiary/aromatic N) is 1. The van der Waals surface area contributed by atoms with Gasteiger partial charge >= 0.3 is 0 Å². The molecule has 3 nitrogen and oxygen atoms in total. The Bertz CT molecular complexity index is 500. The quantitative estimate of drug-likeness (QED) is 0.794. The number of hydrogen-bond acceptors (Lipinski definition) is 3. The number of halogens is 1. The molecule has 2 unspecified atom stereocenters. The number of benzene rings is 1.